The Labute approximate surface area is 170 Å². The molecule has 29 heavy (non-hydrogen) atoms. The number of nitrogens with one attached hydrogen (secondary N) is 1. The van der Waals surface area contributed by atoms with Crippen molar-refractivity contribution in [2.75, 3.05) is 61.4 Å². The van der Waals surface area contributed by atoms with E-state index in [0.29, 0.717) is 5.82 Å². The topological polar surface area (TPSA) is 104 Å². The number of nitrogens with zero attached hydrogens (tertiary/aromatic N) is 6. The molecule has 4 rings (SSSR count). The van der Waals surface area contributed by atoms with E-state index in [1.54, 1.807) is 12.4 Å². The molecule has 0 atom stereocenters. The molecule has 2 aliphatic heterocycles. The van der Waals surface area contributed by atoms with Crippen LogP contribution in [0.5, 0.6) is 0 Å². The standard InChI is InChI=1S/C20H28N8O/c1-26-9-11-28(12-10-26)16-6-5-15(13-22-16)24-20-18(19(21)29)23-14-17(25-20)27-7-3-2-4-8-27/h5-6,13-14H,2-4,7-12H2,1H3,(H2,21,29)(H,24,25). The van der Waals surface area contributed by atoms with E-state index in [1.807, 2.05) is 12.1 Å². The van der Waals surface area contributed by atoms with Crippen molar-refractivity contribution in [1.29, 1.82) is 0 Å². The summed E-state index contributed by atoms with van der Waals surface area (Å²) in [6, 6.07) is 3.93. The van der Waals surface area contributed by atoms with Crippen molar-refractivity contribution >= 4 is 29.0 Å². The molecule has 1 amide bonds. The van der Waals surface area contributed by atoms with Crippen LogP contribution in [0.1, 0.15) is 29.8 Å². The summed E-state index contributed by atoms with van der Waals surface area (Å²) < 4.78 is 0. The first-order chi connectivity index (χ1) is 14.1. The monoisotopic (exact) mass is 396 g/mol. The summed E-state index contributed by atoms with van der Waals surface area (Å²) in [5, 5.41) is 3.18. The number of anilines is 4. The van der Waals surface area contributed by atoms with Gasteiger partial charge in [0.25, 0.3) is 5.91 Å². The molecule has 2 aliphatic rings. The van der Waals surface area contributed by atoms with E-state index in [2.05, 4.69) is 42.0 Å². The van der Waals surface area contributed by atoms with Crippen LogP contribution < -0.4 is 20.9 Å². The SMILES string of the molecule is CN1CCN(c2ccc(Nc3nc(N4CCCCC4)cnc3C(N)=O)cn2)CC1. The molecule has 0 bridgehead atoms. The second-order valence-corrected chi connectivity index (χ2v) is 7.66. The van der Waals surface area contributed by atoms with E-state index in [0.717, 1.165) is 69.4 Å². The Hall–Kier alpha value is -2.94. The van der Waals surface area contributed by atoms with Gasteiger partial charge < -0.3 is 25.8 Å². The number of carbonyl (C=O) groups excluding carboxylic acids is 1. The average molecular weight is 396 g/mol. The van der Waals surface area contributed by atoms with Gasteiger partial charge in [-0.25, -0.2) is 15.0 Å². The quantitative estimate of drug-likeness (QED) is 0.783. The molecule has 2 fully saturated rings. The number of hydrogen-bond donors (Lipinski definition) is 2. The molecule has 9 nitrogen and oxygen atoms in total. The Kier molecular flexibility index (Phi) is 5.75. The van der Waals surface area contributed by atoms with Gasteiger partial charge in [-0.15, -0.1) is 0 Å². The number of piperidine rings is 1. The fraction of sp³-hybridized carbons (Fsp3) is 0.500. The largest absolute Gasteiger partial charge is 0.364 e. The van der Waals surface area contributed by atoms with Crippen LogP contribution in [0.25, 0.3) is 0 Å². The minimum atomic E-state index is -0.604. The summed E-state index contributed by atoms with van der Waals surface area (Å²) in [6.07, 6.45) is 6.90. The molecule has 2 saturated heterocycles. The molecule has 0 radical (unpaired) electrons. The number of rotatable bonds is 5. The van der Waals surface area contributed by atoms with E-state index in [4.69, 9.17) is 5.73 Å². The van der Waals surface area contributed by atoms with E-state index in [-0.39, 0.29) is 5.69 Å². The molecule has 154 valence electrons. The zero-order valence-corrected chi connectivity index (χ0v) is 16.8. The third-order valence-corrected chi connectivity index (χ3v) is 5.51. The molecule has 2 aromatic rings. The van der Waals surface area contributed by atoms with E-state index < -0.39 is 5.91 Å². The highest BCUT2D eigenvalue weighted by Crippen LogP contribution is 2.24. The Bertz CT molecular complexity index is 842. The maximum Gasteiger partial charge on any atom is 0.271 e. The minimum Gasteiger partial charge on any atom is -0.364 e. The Morgan fingerprint density at radius 2 is 1.66 bits per heavy atom. The van der Waals surface area contributed by atoms with Gasteiger partial charge in [-0.2, -0.15) is 0 Å². The number of primary amides is 1. The van der Waals surface area contributed by atoms with E-state index in [9.17, 15) is 4.79 Å². The highest BCUT2D eigenvalue weighted by molar-refractivity contribution is 5.96. The number of aromatic nitrogens is 3. The zero-order chi connectivity index (χ0) is 20.2. The minimum absolute atomic E-state index is 0.133. The number of nitrogens with two attached hydrogens (primary N) is 1. The molecule has 2 aromatic heterocycles. The van der Waals surface area contributed by atoms with Crippen LogP contribution >= 0.6 is 0 Å². The van der Waals surface area contributed by atoms with Crippen molar-refractivity contribution in [1.82, 2.24) is 19.9 Å². The summed E-state index contributed by atoms with van der Waals surface area (Å²) in [5.74, 6) is 1.48. The van der Waals surface area contributed by atoms with Crippen molar-refractivity contribution in [3.8, 4) is 0 Å². The lowest BCUT2D eigenvalue weighted by Gasteiger charge is -2.33. The Balaban J connectivity index is 1.52. The van der Waals surface area contributed by atoms with Crippen LogP contribution in [0.4, 0.5) is 23.1 Å². The van der Waals surface area contributed by atoms with Crippen molar-refractivity contribution in [2.45, 2.75) is 19.3 Å². The number of pyridine rings is 1. The summed E-state index contributed by atoms with van der Waals surface area (Å²) in [4.78, 5) is 32.1. The molecule has 0 unspecified atom stereocenters. The Morgan fingerprint density at radius 1 is 0.931 bits per heavy atom. The number of likely N-dealkylation sites (N-methyl/N-ethyl adjacent to an activating group) is 1. The van der Waals surface area contributed by atoms with Crippen LogP contribution in [-0.2, 0) is 0 Å². The lowest BCUT2D eigenvalue weighted by atomic mass is 10.1. The fourth-order valence-corrected chi connectivity index (χ4v) is 3.74. The molecular weight excluding hydrogens is 368 g/mol. The lowest BCUT2D eigenvalue weighted by Crippen LogP contribution is -2.44. The maximum atomic E-state index is 11.8. The van der Waals surface area contributed by atoms with Gasteiger partial charge in [0, 0.05) is 39.3 Å². The predicted octanol–water partition coefficient (Wildman–Crippen LogP) is 1.46. The average Bonchev–Trinajstić information content (AvgIpc) is 2.75. The second-order valence-electron chi connectivity index (χ2n) is 7.66. The van der Waals surface area contributed by atoms with Crippen LogP contribution in [-0.4, -0.2) is 72.1 Å². The molecule has 0 saturated carbocycles. The summed E-state index contributed by atoms with van der Waals surface area (Å²) >= 11 is 0. The third kappa shape index (κ3) is 4.56. The summed E-state index contributed by atoms with van der Waals surface area (Å²) in [6.45, 7) is 5.89. The third-order valence-electron chi connectivity index (χ3n) is 5.51. The lowest BCUT2D eigenvalue weighted by molar-refractivity contribution is 0.0996. The first kappa shape index (κ1) is 19.4. The molecule has 9 heteroatoms. The van der Waals surface area contributed by atoms with Gasteiger partial charge in [-0.05, 0) is 38.4 Å². The van der Waals surface area contributed by atoms with E-state index in [1.165, 1.54) is 6.42 Å². The van der Waals surface area contributed by atoms with Gasteiger partial charge in [-0.3, -0.25) is 4.79 Å². The highest BCUT2D eigenvalue weighted by Gasteiger charge is 2.19. The summed E-state index contributed by atoms with van der Waals surface area (Å²) in [5.41, 5.74) is 6.39. The fourth-order valence-electron chi connectivity index (χ4n) is 3.74. The normalized spacial score (nSPS) is 18.0. The van der Waals surface area contributed by atoms with Gasteiger partial charge >= 0.3 is 0 Å². The van der Waals surface area contributed by atoms with Crippen molar-refractivity contribution in [3.63, 3.8) is 0 Å². The Morgan fingerprint density at radius 3 is 2.31 bits per heavy atom. The number of hydrogen-bond acceptors (Lipinski definition) is 8. The van der Waals surface area contributed by atoms with Gasteiger partial charge in [0.2, 0.25) is 0 Å². The molecule has 0 aromatic carbocycles. The van der Waals surface area contributed by atoms with Crippen LogP contribution in [0.2, 0.25) is 0 Å². The summed E-state index contributed by atoms with van der Waals surface area (Å²) in [7, 11) is 2.13. The van der Waals surface area contributed by atoms with Gasteiger partial charge in [0.05, 0.1) is 18.1 Å². The van der Waals surface area contributed by atoms with Crippen LogP contribution in [0, 0.1) is 0 Å². The van der Waals surface area contributed by atoms with E-state index >= 15 is 0 Å². The first-order valence-electron chi connectivity index (χ1n) is 10.2. The second kappa shape index (κ2) is 8.60. The van der Waals surface area contributed by atoms with Crippen molar-refractivity contribution in [3.05, 3.63) is 30.2 Å². The van der Waals surface area contributed by atoms with Crippen molar-refractivity contribution in [2.24, 2.45) is 5.73 Å². The van der Waals surface area contributed by atoms with Crippen LogP contribution in [0.15, 0.2) is 24.5 Å². The number of piperazine rings is 1. The van der Waals surface area contributed by atoms with Crippen LogP contribution in [0.3, 0.4) is 0 Å². The van der Waals surface area contributed by atoms with Gasteiger partial charge in [0.15, 0.2) is 11.5 Å². The molecular formula is C20H28N8O. The molecule has 4 heterocycles. The number of amides is 1. The first-order valence-corrected chi connectivity index (χ1v) is 10.2. The molecule has 0 aliphatic carbocycles. The predicted molar refractivity (Wildman–Crippen MR) is 114 cm³/mol. The maximum absolute atomic E-state index is 11.8. The van der Waals surface area contributed by atoms with Gasteiger partial charge in [-0.1, -0.05) is 0 Å². The molecule has 0 spiro atoms. The number of carbonyl (C=O) groups is 1. The molecule has 3 N–H and O–H groups in total. The van der Waals surface area contributed by atoms with Crippen molar-refractivity contribution < 1.29 is 4.79 Å². The highest BCUT2D eigenvalue weighted by atomic mass is 16.1. The van der Waals surface area contributed by atoms with Gasteiger partial charge in [0.1, 0.15) is 11.6 Å². The smallest absolute Gasteiger partial charge is 0.271 e. The zero-order valence-electron chi connectivity index (χ0n) is 16.8.